The number of urea groups is 1. The zero-order valence-corrected chi connectivity index (χ0v) is 14.3. The van der Waals surface area contributed by atoms with E-state index in [1.165, 1.54) is 0 Å². The Morgan fingerprint density at radius 1 is 1.19 bits per heavy atom. The first-order chi connectivity index (χ1) is 9.94. The second kappa shape index (κ2) is 7.16. The van der Waals surface area contributed by atoms with E-state index in [1.807, 2.05) is 24.3 Å². The van der Waals surface area contributed by atoms with Crippen LogP contribution in [0.4, 0.5) is 10.5 Å². The van der Waals surface area contributed by atoms with Crippen LogP contribution < -0.4 is 5.32 Å². The average molecular weight is 388 g/mol. The third kappa shape index (κ3) is 4.92. The number of anilines is 1. The Balaban J connectivity index is 2.02. The quantitative estimate of drug-likeness (QED) is 0.749. The molecule has 0 aliphatic heterocycles. The fourth-order valence-corrected chi connectivity index (χ4v) is 2.80. The van der Waals surface area contributed by atoms with Crippen molar-refractivity contribution in [2.24, 2.45) is 0 Å². The van der Waals surface area contributed by atoms with E-state index in [0.29, 0.717) is 22.3 Å². The largest absolute Gasteiger partial charge is 0.323 e. The first-order valence-corrected chi connectivity index (χ1v) is 7.71. The van der Waals surface area contributed by atoms with Crippen LogP contribution in [0.1, 0.15) is 5.56 Å². The van der Waals surface area contributed by atoms with Gasteiger partial charge < -0.3 is 10.2 Å². The minimum Gasteiger partial charge on any atom is -0.323 e. The Hall–Kier alpha value is -1.23. The molecule has 2 amide bonds. The molecule has 1 N–H and O–H groups in total. The highest BCUT2D eigenvalue weighted by atomic mass is 79.9. The molecule has 2 aromatic rings. The number of carbonyl (C=O) groups excluding carboxylic acids is 1. The third-order valence-corrected chi connectivity index (χ3v) is 3.70. The lowest BCUT2D eigenvalue weighted by atomic mass is 10.2. The lowest BCUT2D eigenvalue weighted by molar-refractivity contribution is 0.220. The standard InChI is InChI=1S/C15H13BrCl2N2O/c1-20(9-10-3-2-4-11(16)5-10)15(21)19-14-7-12(17)6-13(18)8-14/h2-8H,9H2,1H3,(H,19,21). The minimum atomic E-state index is -0.228. The summed E-state index contributed by atoms with van der Waals surface area (Å²) in [5.41, 5.74) is 1.60. The predicted molar refractivity (Wildman–Crippen MR) is 91.1 cm³/mol. The van der Waals surface area contributed by atoms with Crippen molar-refractivity contribution in [2.75, 3.05) is 12.4 Å². The van der Waals surface area contributed by atoms with Crippen molar-refractivity contribution in [3.05, 3.63) is 62.5 Å². The van der Waals surface area contributed by atoms with Crippen LogP contribution >= 0.6 is 39.1 Å². The number of hydrogen-bond donors (Lipinski definition) is 1. The van der Waals surface area contributed by atoms with Gasteiger partial charge in [-0.25, -0.2) is 4.79 Å². The lowest BCUT2D eigenvalue weighted by Crippen LogP contribution is -2.30. The Morgan fingerprint density at radius 2 is 1.86 bits per heavy atom. The molecule has 0 aliphatic rings. The average Bonchev–Trinajstić information content (AvgIpc) is 2.37. The molecule has 110 valence electrons. The monoisotopic (exact) mass is 386 g/mol. The van der Waals surface area contributed by atoms with E-state index in [4.69, 9.17) is 23.2 Å². The summed E-state index contributed by atoms with van der Waals surface area (Å²) in [6.45, 7) is 0.500. The van der Waals surface area contributed by atoms with Crippen LogP contribution in [0, 0.1) is 0 Å². The van der Waals surface area contributed by atoms with Crippen molar-refractivity contribution in [1.82, 2.24) is 4.90 Å². The number of benzene rings is 2. The molecule has 0 fully saturated rings. The van der Waals surface area contributed by atoms with E-state index in [-0.39, 0.29) is 6.03 Å². The summed E-state index contributed by atoms with van der Waals surface area (Å²) in [5, 5.41) is 3.72. The van der Waals surface area contributed by atoms with Crippen LogP contribution in [0.15, 0.2) is 46.9 Å². The van der Waals surface area contributed by atoms with Crippen molar-refractivity contribution in [1.29, 1.82) is 0 Å². The minimum absolute atomic E-state index is 0.228. The van der Waals surface area contributed by atoms with E-state index in [1.54, 1.807) is 30.1 Å². The highest BCUT2D eigenvalue weighted by Gasteiger charge is 2.10. The molecule has 0 aromatic heterocycles. The molecule has 2 aromatic carbocycles. The number of rotatable bonds is 3. The Kier molecular flexibility index (Phi) is 5.51. The summed E-state index contributed by atoms with van der Waals surface area (Å²) < 4.78 is 0.982. The molecule has 21 heavy (non-hydrogen) atoms. The molecule has 0 atom stereocenters. The SMILES string of the molecule is CN(Cc1cccc(Br)c1)C(=O)Nc1cc(Cl)cc(Cl)c1. The molecular weight excluding hydrogens is 375 g/mol. The Labute approximate surface area is 142 Å². The molecule has 6 heteroatoms. The number of amides is 2. The Bertz CT molecular complexity index is 644. The van der Waals surface area contributed by atoms with E-state index in [0.717, 1.165) is 10.0 Å². The predicted octanol–water partition coefficient (Wildman–Crippen LogP) is 5.42. The summed E-state index contributed by atoms with van der Waals surface area (Å²) in [6.07, 6.45) is 0. The maximum atomic E-state index is 12.1. The number of nitrogens with one attached hydrogen (secondary N) is 1. The van der Waals surface area contributed by atoms with Crippen molar-refractivity contribution >= 4 is 50.9 Å². The van der Waals surface area contributed by atoms with Crippen LogP contribution in [-0.4, -0.2) is 18.0 Å². The van der Waals surface area contributed by atoms with Gasteiger partial charge in [0.2, 0.25) is 0 Å². The van der Waals surface area contributed by atoms with Gasteiger partial charge in [-0.2, -0.15) is 0 Å². The first kappa shape index (κ1) is 16.1. The number of carbonyl (C=O) groups is 1. The van der Waals surface area contributed by atoms with Crippen LogP contribution in [0.5, 0.6) is 0 Å². The zero-order chi connectivity index (χ0) is 15.4. The van der Waals surface area contributed by atoms with Gasteiger partial charge in [-0.05, 0) is 35.9 Å². The highest BCUT2D eigenvalue weighted by Crippen LogP contribution is 2.22. The van der Waals surface area contributed by atoms with Crippen LogP contribution in [0.25, 0.3) is 0 Å². The molecule has 2 rings (SSSR count). The van der Waals surface area contributed by atoms with Gasteiger partial charge in [-0.15, -0.1) is 0 Å². The smallest absolute Gasteiger partial charge is 0.321 e. The number of nitrogens with zero attached hydrogens (tertiary/aromatic N) is 1. The first-order valence-electron chi connectivity index (χ1n) is 6.17. The van der Waals surface area contributed by atoms with Crippen molar-refractivity contribution in [3.8, 4) is 0 Å². The topological polar surface area (TPSA) is 32.3 Å². The van der Waals surface area contributed by atoms with Crippen molar-refractivity contribution in [2.45, 2.75) is 6.54 Å². The lowest BCUT2D eigenvalue weighted by Gasteiger charge is -2.18. The van der Waals surface area contributed by atoms with Crippen LogP contribution in [0.2, 0.25) is 10.0 Å². The van der Waals surface area contributed by atoms with Crippen molar-refractivity contribution < 1.29 is 4.79 Å². The molecule has 0 aliphatic carbocycles. The molecule has 0 saturated heterocycles. The fraction of sp³-hybridized carbons (Fsp3) is 0.133. The van der Waals surface area contributed by atoms with Crippen LogP contribution in [-0.2, 0) is 6.54 Å². The van der Waals surface area contributed by atoms with E-state index < -0.39 is 0 Å². The van der Waals surface area contributed by atoms with Gasteiger partial charge in [-0.1, -0.05) is 51.3 Å². The summed E-state index contributed by atoms with van der Waals surface area (Å²) in [4.78, 5) is 13.7. The van der Waals surface area contributed by atoms with E-state index >= 15 is 0 Å². The normalized spacial score (nSPS) is 10.3. The van der Waals surface area contributed by atoms with Gasteiger partial charge in [0.25, 0.3) is 0 Å². The molecular formula is C15H13BrCl2N2O. The highest BCUT2D eigenvalue weighted by molar-refractivity contribution is 9.10. The van der Waals surface area contributed by atoms with Gasteiger partial charge in [0.1, 0.15) is 0 Å². The van der Waals surface area contributed by atoms with Gasteiger partial charge in [-0.3, -0.25) is 0 Å². The van der Waals surface area contributed by atoms with Gasteiger partial charge in [0, 0.05) is 33.8 Å². The molecule has 0 radical (unpaired) electrons. The van der Waals surface area contributed by atoms with E-state index in [2.05, 4.69) is 21.2 Å². The van der Waals surface area contributed by atoms with E-state index in [9.17, 15) is 4.79 Å². The van der Waals surface area contributed by atoms with Crippen molar-refractivity contribution in [3.63, 3.8) is 0 Å². The Morgan fingerprint density at radius 3 is 2.48 bits per heavy atom. The number of halogens is 3. The van der Waals surface area contributed by atoms with Gasteiger partial charge >= 0.3 is 6.03 Å². The van der Waals surface area contributed by atoms with Gasteiger partial charge in [0.15, 0.2) is 0 Å². The number of hydrogen-bond acceptors (Lipinski definition) is 1. The van der Waals surface area contributed by atoms with Crippen LogP contribution in [0.3, 0.4) is 0 Å². The second-order valence-electron chi connectivity index (χ2n) is 4.57. The summed E-state index contributed by atoms with van der Waals surface area (Å²) in [7, 11) is 1.72. The summed E-state index contributed by atoms with van der Waals surface area (Å²) in [5.74, 6) is 0. The maximum absolute atomic E-state index is 12.1. The second-order valence-corrected chi connectivity index (χ2v) is 6.36. The fourth-order valence-electron chi connectivity index (χ4n) is 1.83. The molecule has 0 spiro atoms. The maximum Gasteiger partial charge on any atom is 0.321 e. The summed E-state index contributed by atoms with van der Waals surface area (Å²) >= 11 is 15.2. The summed E-state index contributed by atoms with van der Waals surface area (Å²) in [6, 6.07) is 12.5. The molecule has 0 saturated carbocycles. The van der Waals surface area contributed by atoms with Gasteiger partial charge in [0.05, 0.1) is 0 Å². The molecule has 0 bridgehead atoms. The molecule has 3 nitrogen and oxygen atoms in total. The third-order valence-electron chi connectivity index (χ3n) is 2.77. The molecule has 0 heterocycles. The zero-order valence-electron chi connectivity index (χ0n) is 11.2. The molecule has 0 unspecified atom stereocenters.